The minimum atomic E-state index is -3.61. The fourth-order valence-corrected chi connectivity index (χ4v) is 1.15. The van der Waals surface area contributed by atoms with E-state index in [1.807, 2.05) is 0 Å². The molecule has 0 aromatic carbocycles. The number of hydrogen-bond donors (Lipinski definition) is 0. The molecular weight excluding hydrogens is 179 g/mol. The van der Waals surface area contributed by atoms with Crippen molar-refractivity contribution in [2.45, 2.75) is 0 Å². The number of rotatable bonds is 6. The molecule has 5 heteroatoms. The van der Waals surface area contributed by atoms with Gasteiger partial charge in [0.25, 0.3) is 0 Å². The standard InChI is InChI=1S/C7H9O4P/c1-4-7-11-12(8,9-5-2)10-6-3/h1,5-6H,2-3,7H2. The van der Waals surface area contributed by atoms with Gasteiger partial charge in [0, 0.05) is 0 Å². The van der Waals surface area contributed by atoms with Gasteiger partial charge in [0.15, 0.2) is 0 Å². The summed E-state index contributed by atoms with van der Waals surface area (Å²) in [7, 11) is -3.61. The average Bonchev–Trinajstić information content (AvgIpc) is 2.02. The highest BCUT2D eigenvalue weighted by atomic mass is 31.2. The summed E-state index contributed by atoms with van der Waals surface area (Å²) in [5, 5.41) is 0. The van der Waals surface area contributed by atoms with Gasteiger partial charge in [0.2, 0.25) is 0 Å². The molecule has 0 aliphatic rings. The van der Waals surface area contributed by atoms with E-state index in [0.29, 0.717) is 0 Å². The maximum Gasteiger partial charge on any atom is 0.587 e. The maximum absolute atomic E-state index is 11.3. The Bertz CT molecular complexity index is 226. The number of hydrogen-bond acceptors (Lipinski definition) is 4. The van der Waals surface area contributed by atoms with Gasteiger partial charge in [0.05, 0.1) is 12.5 Å². The van der Waals surface area contributed by atoms with E-state index < -0.39 is 7.82 Å². The summed E-state index contributed by atoms with van der Waals surface area (Å²) in [6, 6.07) is 0. The molecule has 0 N–H and O–H groups in total. The lowest BCUT2D eigenvalue weighted by molar-refractivity contribution is 0.197. The first-order chi connectivity index (χ1) is 5.68. The van der Waals surface area contributed by atoms with Crippen LogP contribution in [0.3, 0.4) is 0 Å². The zero-order valence-electron chi connectivity index (χ0n) is 6.43. The number of phosphoric ester groups is 1. The molecule has 0 rings (SSSR count). The van der Waals surface area contributed by atoms with E-state index in [0.717, 1.165) is 12.5 Å². The first-order valence-electron chi connectivity index (χ1n) is 2.95. The van der Waals surface area contributed by atoms with Crippen LogP contribution >= 0.6 is 7.82 Å². The van der Waals surface area contributed by atoms with Crippen molar-refractivity contribution in [1.82, 2.24) is 0 Å². The Labute approximate surface area is 71.4 Å². The molecular formula is C7H9O4P. The van der Waals surface area contributed by atoms with Crippen LogP contribution in [0.1, 0.15) is 0 Å². The lowest BCUT2D eigenvalue weighted by Crippen LogP contribution is -1.93. The highest BCUT2D eigenvalue weighted by molar-refractivity contribution is 7.48. The van der Waals surface area contributed by atoms with Crippen molar-refractivity contribution in [3.8, 4) is 12.3 Å². The molecule has 0 aliphatic heterocycles. The Balaban J connectivity index is 4.19. The highest BCUT2D eigenvalue weighted by Gasteiger charge is 2.25. The van der Waals surface area contributed by atoms with E-state index in [4.69, 9.17) is 6.42 Å². The molecule has 4 nitrogen and oxygen atoms in total. The van der Waals surface area contributed by atoms with Gasteiger partial charge in [0.1, 0.15) is 6.61 Å². The van der Waals surface area contributed by atoms with Crippen LogP contribution in [0.25, 0.3) is 0 Å². The third kappa shape index (κ3) is 3.87. The molecule has 0 unspecified atom stereocenters. The van der Waals surface area contributed by atoms with Crippen LogP contribution in [0.15, 0.2) is 25.7 Å². The van der Waals surface area contributed by atoms with Crippen molar-refractivity contribution in [2.75, 3.05) is 6.61 Å². The SMILES string of the molecule is C#CCOP(=O)(OC=C)OC=C. The second-order valence-electron chi connectivity index (χ2n) is 1.47. The second-order valence-corrected chi connectivity index (χ2v) is 3.04. The molecule has 0 radical (unpaired) electrons. The molecule has 0 aromatic rings. The van der Waals surface area contributed by atoms with E-state index in [1.165, 1.54) is 0 Å². The minimum Gasteiger partial charge on any atom is -0.404 e. The molecule has 0 bridgehead atoms. The summed E-state index contributed by atoms with van der Waals surface area (Å²) in [5.41, 5.74) is 0. The van der Waals surface area contributed by atoms with Crippen LogP contribution in [0.2, 0.25) is 0 Å². The molecule has 0 fully saturated rings. The van der Waals surface area contributed by atoms with Crippen LogP contribution in [0.5, 0.6) is 0 Å². The monoisotopic (exact) mass is 188 g/mol. The lowest BCUT2D eigenvalue weighted by Gasteiger charge is -2.12. The van der Waals surface area contributed by atoms with E-state index in [-0.39, 0.29) is 6.61 Å². The fourth-order valence-electron chi connectivity index (χ4n) is 0.385. The van der Waals surface area contributed by atoms with Gasteiger partial charge in [-0.25, -0.2) is 4.57 Å². The molecule has 0 aliphatic carbocycles. The fraction of sp³-hybridized carbons (Fsp3) is 0.143. The average molecular weight is 188 g/mol. The van der Waals surface area contributed by atoms with Gasteiger partial charge in [-0.15, -0.1) is 6.42 Å². The second kappa shape index (κ2) is 5.48. The van der Waals surface area contributed by atoms with Crippen LogP contribution in [0.4, 0.5) is 0 Å². The van der Waals surface area contributed by atoms with Crippen LogP contribution in [-0.4, -0.2) is 6.61 Å². The normalized spacial score (nSPS) is 9.58. The van der Waals surface area contributed by atoms with E-state index in [9.17, 15) is 4.57 Å². The predicted molar refractivity (Wildman–Crippen MR) is 45.0 cm³/mol. The lowest BCUT2D eigenvalue weighted by atomic mass is 10.8. The predicted octanol–water partition coefficient (Wildman–Crippen LogP) is 2.06. The molecule has 0 saturated heterocycles. The Hall–Kier alpha value is -1.17. The Morgan fingerprint density at radius 2 is 1.92 bits per heavy atom. The van der Waals surface area contributed by atoms with E-state index >= 15 is 0 Å². The third-order valence-corrected chi connectivity index (χ3v) is 1.97. The largest absolute Gasteiger partial charge is 0.587 e. The number of phosphoric acid groups is 1. The molecule has 0 aromatic heterocycles. The van der Waals surface area contributed by atoms with Crippen LogP contribution in [-0.2, 0) is 18.1 Å². The summed E-state index contributed by atoms with van der Waals surface area (Å²) in [6.45, 7) is 6.22. The molecule has 0 heterocycles. The molecule has 0 atom stereocenters. The van der Waals surface area contributed by atoms with E-state index in [1.54, 1.807) is 0 Å². The van der Waals surface area contributed by atoms with Crippen molar-refractivity contribution in [3.63, 3.8) is 0 Å². The third-order valence-electron chi connectivity index (χ3n) is 0.713. The first kappa shape index (κ1) is 10.8. The van der Waals surface area contributed by atoms with Gasteiger partial charge in [-0.3, -0.25) is 4.52 Å². The topological polar surface area (TPSA) is 44.8 Å². The van der Waals surface area contributed by atoms with Gasteiger partial charge in [-0.1, -0.05) is 19.1 Å². The summed E-state index contributed by atoms with van der Waals surface area (Å²) >= 11 is 0. The zero-order valence-corrected chi connectivity index (χ0v) is 7.33. The first-order valence-corrected chi connectivity index (χ1v) is 4.41. The van der Waals surface area contributed by atoms with Crippen LogP contribution in [0, 0.1) is 12.3 Å². The van der Waals surface area contributed by atoms with Crippen molar-refractivity contribution < 1.29 is 18.1 Å². The molecule has 0 spiro atoms. The van der Waals surface area contributed by atoms with Gasteiger partial charge in [-0.2, -0.15) is 0 Å². The molecule has 0 saturated carbocycles. The summed E-state index contributed by atoms with van der Waals surface area (Å²) in [5.74, 6) is 2.12. The van der Waals surface area contributed by atoms with Crippen molar-refractivity contribution >= 4 is 7.82 Å². The summed E-state index contributed by atoms with van der Waals surface area (Å²) in [6.07, 6.45) is 6.76. The minimum absolute atomic E-state index is 0.168. The van der Waals surface area contributed by atoms with Gasteiger partial charge < -0.3 is 9.05 Å². The van der Waals surface area contributed by atoms with Gasteiger partial charge >= 0.3 is 7.82 Å². The van der Waals surface area contributed by atoms with E-state index in [2.05, 4.69) is 32.6 Å². The summed E-state index contributed by atoms with van der Waals surface area (Å²) in [4.78, 5) is 0. The maximum atomic E-state index is 11.3. The Morgan fingerprint density at radius 1 is 1.42 bits per heavy atom. The quantitative estimate of drug-likeness (QED) is 0.363. The van der Waals surface area contributed by atoms with Crippen LogP contribution < -0.4 is 0 Å². The Morgan fingerprint density at radius 3 is 2.25 bits per heavy atom. The Kier molecular flexibility index (Phi) is 4.94. The molecule has 12 heavy (non-hydrogen) atoms. The van der Waals surface area contributed by atoms with Crippen molar-refractivity contribution in [3.05, 3.63) is 25.7 Å². The number of terminal acetylenes is 1. The highest BCUT2D eigenvalue weighted by Crippen LogP contribution is 2.49. The smallest absolute Gasteiger partial charge is 0.404 e. The van der Waals surface area contributed by atoms with Crippen molar-refractivity contribution in [2.24, 2.45) is 0 Å². The zero-order chi connectivity index (χ0) is 9.45. The summed E-state index contributed by atoms with van der Waals surface area (Å²) < 4.78 is 24.8. The molecule has 0 amide bonds. The van der Waals surface area contributed by atoms with Crippen molar-refractivity contribution in [1.29, 1.82) is 0 Å². The van der Waals surface area contributed by atoms with Gasteiger partial charge in [-0.05, 0) is 0 Å². The molecule has 66 valence electrons.